The van der Waals surface area contributed by atoms with Gasteiger partial charge in [-0.3, -0.25) is 0 Å². The number of nitrogens with one attached hydrogen (secondary N) is 1. The molecule has 1 N–H and O–H groups in total. The van der Waals surface area contributed by atoms with Gasteiger partial charge in [-0.15, -0.1) is 5.67 Å². The van der Waals surface area contributed by atoms with E-state index in [2.05, 4.69) is 26.6 Å². The van der Waals surface area contributed by atoms with Crippen LogP contribution in [-0.2, 0) is 0 Å². The second kappa shape index (κ2) is 5.43. The normalized spacial score (nSPS) is 14.1. The van der Waals surface area contributed by atoms with E-state index >= 15 is 0 Å². The van der Waals surface area contributed by atoms with Gasteiger partial charge in [-0.25, -0.2) is 0 Å². The molecule has 0 bridgehead atoms. The topological polar surface area (TPSA) is 23.8 Å². The van der Waals surface area contributed by atoms with Crippen molar-refractivity contribution in [3.05, 3.63) is 5.73 Å². The quantitative estimate of drug-likeness (QED) is 0.510. The van der Waals surface area contributed by atoms with Crippen molar-refractivity contribution in [2.24, 2.45) is 0 Å². The molecule has 0 spiro atoms. The Morgan fingerprint density at radius 3 is 1.80 bits per heavy atom. The van der Waals surface area contributed by atoms with Gasteiger partial charge in [-0.1, -0.05) is 39.4 Å². The summed E-state index contributed by atoms with van der Waals surface area (Å²) in [5, 5.41) is 0. The van der Waals surface area contributed by atoms with Crippen LogP contribution in [0.15, 0.2) is 0 Å². The van der Waals surface area contributed by atoms with E-state index in [-0.39, 0.29) is 24.5 Å². The van der Waals surface area contributed by atoms with Gasteiger partial charge in [0.25, 0.3) is 0 Å². The van der Waals surface area contributed by atoms with Crippen LogP contribution in [0, 0.1) is 0 Å². The Hall–Kier alpha value is 0.774. The molecule has 0 saturated heterocycles. The van der Waals surface area contributed by atoms with Gasteiger partial charge in [0.1, 0.15) is 0 Å². The van der Waals surface area contributed by atoms with Crippen molar-refractivity contribution in [3.8, 4) is 0 Å². The third-order valence-electron chi connectivity index (χ3n) is 1.62. The average molecular weight is 151 g/mol. The zero-order valence-electron chi connectivity index (χ0n) is 7.99. The minimum absolute atomic E-state index is 0. The summed E-state index contributed by atoms with van der Waals surface area (Å²) in [5.74, 6) is 0. The standard InChI is InChI=1S/C7H18NSi.Li/c1-5-6-7(8)9(2,3)4;/h7-8H,5-6H2,1-4H3;/q-1;+1. The number of rotatable bonds is 3. The summed E-state index contributed by atoms with van der Waals surface area (Å²) >= 11 is 0. The third-order valence-corrected chi connectivity index (χ3v) is 4.00. The second-order valence-corrected chi connectivity index (χ2v) is 9.14. The average Bonchev–Trinajstić information content (AvgIpc) is 1.64. The van der Waals surface area contributed by atoms with Crippen LogP contribution in [0.3, 0.4) is 0 Å². The summed E-state index contributed by atoms with van der Waals surface area (Å²) in [6, 6.07) is 0. The Balaban J connectivity index is 0. The molecule has 1 unspecified atom stereocenters. The third kappa shape index (κ3) is 5.55. The Morgan fingerprint density at radius 2 is 1.70 bits per heavy atom. The molecule has 0 radical (unpaired) electrons. The Kier molecular flexibility index (Phi) is 7.26. The summed E-state index contributed by atoms with van der Waals surface area (Å²) in [4.78, 5) is 0. The van der Waals surface area contributed by atoms with Gasteiger partial charge < -0.3 is 5.73 Å². The maximum atomic E-state index is 7.69. The summed E-state index contributed by atoms with van der Waals surface area (Å²) in [5.41, 5.74) is 7.94. The molecule has 56 valence electrons. The first-order chi connectivity index (χ1) is 3.98. The van der Waals surface area contributed by atoms with E-state index in [1.54, 1.807) is 0 Å². The molecule has 0 aliphatic carbocycles. The van der Waals surface area contributed by atoms with Crippen molar-refractivity contribution in [1.29, 1.82) is 0 Å². The molecule has 0 aliphatic heterocycles. The SMILES string of the molecule is CCCC([NH-])[Si](C)(C)C.[Li+]. The summed E-state index contributed by atoms with van der Waals surface area (Å²) in [6.07, 6.45) is 2.26. The van der Waals surface area contributed by atoms with Gasteiger partial charge in [0, 0.05) is 8.07 Å². The summed E-state index contributed by atoms with van der Waals surface area (Å²) in [7, 11) is -1.11. The van der Waals surface area contributed by atoms with Gasteiger partial charge in [-0.05, 0) is 0 Å². The maximum Gasteiger partial charge on any atom is 1.00 e. The summed E-state index contributed by atoms with van der Waals surface area (Å²) < 4.78 is 0. The van der Waals surface area contributed by atoms with Gasteiger partial charge in [0.2, 0.25) is 0 Å². The van der Waals surface area contributed by atoms with E-state index in [1.165, 1.54) is 6.42 Å². The van der Waals surface area contributed by atoms with Crippen LogP contribution in [-0.4, -0.2) is 13.7 Å². The van der Waals surface area contributed by atoms with Crippen molar-refractivity contribution in [2.45, 2.75) is 45.1 Å². The van der Waals surface area contributed by atoms with E-state index in [4.69, 9.17) is 5.73 Å². The van der Waals surface area contributed by atoms with E-state index in [0.29, 0.717) is 0 Å². The van der Waals surface area contributed by atoms with Crippen molar-refractivity contribution in [3.63, 3.8) is 0 Å². The van der Waals surface area contributed by atoms with Crippen molar-refractivity contribution in [1.82, 2.24) is 0 Å². The fourth-order valence-corrected chi connectivity index (χ4v) is 1.88. The minimum atomic E-state index is -1.11. The molecule has 0 aromatic rings. The first-order valence-corrected chi connectivity index (χ1v) is 7.27. The van der Waals surface area contributed by atoms with Crippen LogP contribution in [0.1, 0.15) is 19.8 Å². The van der Waals surface area contributed by atoms with Gasteiger partial charge in [0.05, 0.1) is 0 Å². The van der Waals surface area contributed by atoms with Gasteiger partial charge in [0.15, 0.2) is 0 Å². The minimum Gasteiger partial charge on any atom is -0.677 e. The van der Waals surface area contributed by atoms with Crippen molar-refractivity contribution >= 4 is 8.07 Å². The second-order valence-electron chi connectivity index (χ2n) is 3.71. The molecule has 0 fully saturated rings. The Labute approximate surface area is 77.9 Å². The molecular formula is C7H18LiNSi. The molecule has 10 heavy (non-hydrogen) atoms. The molecule has 0 amide bonds. The van der Waals surface area contributed by atoms with E-state index in [9.17, 15) is 0 Å². The van der Waals surface area contributed by atoms with E-state index < -0.39 is 8.07 Å². The summed E-state index contributed by atoms with van der Waals surface area (Å²) in [6.45, 7) is 8.95. The van der Waals surface area contributed by atoms with Crippen LogP contribution in [0.5, 0.6) is 0 Å². The van der Waals surface area contributed by atoms with Crippen LogP contribution < -0.4 is 18.9 Å². The van der Waals surface area contributed by atoms with E-state index in [1.807, 2.05) is 0 Å². The maximum absolute atomic E-state index is 7.69. The first kappa shape index (κ1) is 13.4. The van der Waals surface area contributed by atoms with Crippen molar-refractivity contribution < 1.29 is 18.9 Å². The van der Waals surface area contributed by atoms with Crippen molar-refractivity contribution in [2.75, 3.05) is 0 Å². The van der Waals surface area contributed by atoms with Crippen LogP contribution >= 0.6 is 0 Å². The molecule has 0 aliphatic rings. The molecule has 0 aromatic carbocycles. The monoisotopic (exact) mass is 151 g/mol. The molecule has 0 aromatic heterocycles. The van der Waals surface area contributed by atoms with Crippen LogP contribution in [0.4, 0.5) is 0 Å². The number of hydrogen-bond donors (Lipinski definition) is 0. The molecule has 0 saturated carbocycles. The zero-order chi connectivity index (χ0) is 7.49. The smallest absolute Gasteiger partial charge is 0.677 e. The molecule has 0 rings (SSSR count). The largest absolute Gasteiger partial charge is 1.00 e. The Bertz CT molecular complexity index is 80.2. The molecular weight excluding hydrogens is 133 g/mol. The molecule has 1 atom stereocenters. The van der Waals surface area contributed by atoms with Gasteiger partial charge in [-0.2, -0.15) is 0 Å². The molecule has 3 heteroatoms. The first-order valence-electron chi connectivity index (χ1n) is 3.69. The predicted molar refractivity (Wildman–Crippen MR) is 46.4 cm³/mol. The fraction of sp³-hybridized carbons (Fsp3) is 1.00. The van der Waals surface area contributed by atoms with Crippen LogP contribution in [0.2, 0.25) is 19.6 Å². The zero-order valence-corrected chi connectivity index (χ0v) is 8.99. The molecule has 0 heterocycles. The van der Waals surface area contributed by atoms with E-state index in [0.717, 1.165) is 6.42 Å². The molecule has 1 nitrogen and oxygen atoms in total. The number of hydrogen-bond acceptors (Lipinski definition) is 0. The van der Waals surface area contributed by atoms with Crippen LogP contribution in [0.25, 0.3) is 5.73 Å². The fourth-order valence-electron chi connectivity index (χ4n) is 0.722. The Morgan fingerprint density at radius 1 is 1.30 bits per heavy atom. The van der Waals surface area contributed by atoms with Gasteiger partial charge >= 0.3 is 18.9 Å². The predicted octanol–water partition coefficient (Wildman–Crippen LogP) is 0.0887.